The van der Waals surface area contributed by atoms with Gasteiger partial charge in [-0.3, -0.25) is 0 Å². The summed E-state index contributed by atoms with van der Waals surface area (Å²) in [4.78, 5) is 8.18. The first-order chi connectivity index (χ1) is 6.06. The van der Waals surface area contributed by atoms with Crippen molar-refractivity contribution in [2.75, 3.05) is 12.8 Å². The summed E-state index contributed by atoms with van der Waals surface area (Å²) >= 11 is 0. The summed E-state index contributed by atoms with van der Waals surface area (Å²) in [5.41, 5.74) is 8.31. The average molecular weight is 181 g/mol. The molecule has 13 heavy (non-hydrogen) atoms. The van der Waals surface area contributed by atoms with Crippen molar-refractivity contribution >= 4 is 5.95 Å². The quantitative estimate of drug-likeness (QED) is 0.748. The van der Waals surface area contributed by atoms with Crippen LogP contribution >= 0.6 is 0 Å². The average Bonchev–Trinajstić information content (AvgIpc) is 2.02. The van der Waals surface area contributed by atoms with E-state index in [2.05, 4.69) is 9.97 Å². The summed E-state index contributed by atoms with van der Waals surface area (Å²) in [7, 11) is 1.67. The lowest BCUT2D eigenvalue weighted by atomic mass is 10.1. The Bertz CT molecular complexity index is 289. The molecular formula is C9H15N3O. The third-order valence-corrected chi connectivity index (χ3v) is 2.10. The summed E-state index contributed by atoms with van der Waals surface area (Å²) < 4.78 is 5.22. The van der Waals surface area contributed by atoms with Gasteiger partial charge in [0.1, 0.15) is 0 Å². The van der Waals surface area contributed by atoms with Gasteiger partial charge >= 0.3 is 0 Å². The second kappa shape index (κ2) is 3.70. The molecule has 0 aliphatic heterocycles. The van der Waals surface area contributed by atoms with Gasteiger partial charge in [-0.2, -0.15) is 0 Å². The molecule has 0 amide bonds. The fraction of sp³-hybridized carbons (Fsp3) is 0.556. The number of anilines is 1. The van der Waals surface area contributed by atoms with E-state index in [4.69, 9.17) is 10.5 Å². The minimum absolute atomic E-state index is 0.0144. The maximum absolute atomic E-state index is 5.51. The number of hydrogen-bond donors (Lipinski definition) is 1. The van der Waals surface area contributed by atoms with Crippen LogP contribution in [0.1, 0.15) is 30.0 Å². The van der Waals surface area contributed by atoms with Gasteiger partial charge < -0.3 is 10.5 Å². The van der Waals surface area contributed by atoms with E-state index in [1.807, 2.05) is 20.8 Å². The van der Waals surface area contributed by atoms with Crippen molar-refractivity contribution in [1.29, 1.82) is 0 Å². The highest BCUT2D eigenvalue weighted by molar-refractivity contribution is 5.31. The van der Waals surface area contributed by atoms with E-state index in [0.29, 0.717) is 5.95 Å². The van der Waals surface area contributed by atoms with Crippen LogP contribution in [0.5, 0.6) is 0 Å². The molecule has 0 bridgehead atoms. The van der Waals surface area contributed by atoms with Crippen LogP contribution in [0.3, 0.4) is 0 Å². The van der Waals surface area contributed by atoms with E-state index >= 15 is 0 Å². The fourth-order valence-corrected chi connectivity index (χ4v) is 1.46. The van der Waals surface area contributed by atoms with E-state index in [-0.39, 0.29) is 6.10 Å². The molecule has 1 aromatic heterocycles. The highest BCUT2D eigenvalue weighted by Crippen LogP contribution is 2.21. The zero-order chi connectivity index (χ0) is 10.0. The number of ether oxygens (including phenoxy) is 1. The number of nitrogen functional groups attached to an aromatic ring is 1. The number of methoxy groups -OCH3 is 1. The summed E-state index contributed by atoms with van der Waals surface area (Å²) in [5, 5.41) is 0. The minimum atomic E-state index is 0.0144. The molecule has 0 radical (unpaired) electrons. The Labute approximate surface area is 78.1 Å². The zero-order valence-corrected chi connectivity index (χ0v) is 8.46. The number of hydrogen-bond acceptors (Lipinski definition) is 4. The molecule has 1 unspecified atom stereocenters. The first kappa shape index (κ1) is 9.92. The van der Waals surface area contributed by atoms with Crippen molar-refractivity contribution in [3.63, 3.8) is 0 Å². The van der Waals surface area contributed by atoms with Crippen molar-refractivity contribution in [1.82, 2.24) is 9.97 Å². The molecule has 0 saturated heterocycles. The summed E-state index contributed by atoms with van der Waals surface area (Å²) in [6, 6.07) is 0. The van der Waals surface area contributed by atoms with Gasteiger partial charge in [-0.25, -0.2) is 9.97 Å². The predicted molar refractivity (Wildman–Crippen MR) is 51.3 cm³/mol. The molecule has 1 atom stereocenters. The number of aryl methyl sites for hydroxylation is 2. The van der Waals surface area contributed by atoms with Crippen LogP contribution in [0.2, 0.25) is 0 Å². The Kier molecular flexibility index (Phi) is 2.83. The Morgan fingerprint density at radius 3 is 2.08 bits per heavy atom. The lowest BCUT2D eigenvalue weighted by molar-refractivity contribution is 0.118. The molecule has 4 heteroatoms. The third kappa shape index (κ3) is 1.95. The zero-order valence-electron chi connectivity index (χ0n) is 8.46. The van der Waals surface area contributed by atoms with Crippen molar-refractivity contribution < 1.29 is 4.74 Å². The second-order valence-corrected chi connectivity index (χ2v) is 3.04. The highest BCUT2D eigenvalue weighted by atomic mass is 16.5. The van der Waals surface area contributed by atoms with Gasteiger partial charge in [-0.05, 0) is 20.8 Å². The van der Waals surface area contributed by atoms with Gasteiger partial charge in [-0.1, -0.05) is 0 Å². The molecular weight excluding hydrogens is 166 g/mol. The van der Waals surface area contributed by atoms with Crippen LogP contribution in [0.25, 0.3) is 0 Å². The lowest BCUT2D eigenvalue weighted by Crippen LogP contribution is -2.08. The standard InChI is InChI=1S/C9H15N3O/c1-5-8(7(3)13-4)6(2)12-9(10)11-5/h7H,1-4H3,(H2,10,11,12). The Morgan fingerprint density at radius 1 is 1.23 bits per heavy atom. The highest BCUT2D eigenvalue weighted by Gasteiger charge is 2.13. The molecule has 1 aromatic rings. The lowest BCUT2D eigenvalue weighted by Gasteiger charge is -2.14. The number of nitrogens with two attached hydrogens (primary N) is 1. The maximum atomic E-state index is 5.51. The fourth-order valence-electron chi connectivity index (χ4n) is 1.46. The summed E-state index contributed by atoms with van der Waals surface area (Å²) in [6.45, 7) is 5.79. The van der Waals surface area contributed by atoms with Gasteiger partial charge in [0.15, 0.2) is 0 Å². The summed E-state index contributed by atoms with van der Waals surface area (Å²) in [6.07, 6.45) is 0.0144. The minimum Gasteiger partial charge on any atom is -0.377 e. The molecule has 1 heterocycles. The molecule has 0 fully saturated rings. The molecule has 0 spiro atoms. The number of nitrogens with zero attached hydrogens (tertiary/aromatic N) is 2. The van der Waals surface area contributed by atoms with Crippen molar-refractivity contribution in [3.05, 3.63) is 17.0 Å². The largest absolute Gasteiger partial charge is 0.377 e. The first-order valence-corrected chi connectivity index (χ1v) is 4.19. The molecule has 0 saturated carbocycles. The van der Waals surface area contributed by atoms with Crippen LogP contribution in [-0.2, 0) is 4.74 Å². The van der Waals surface area contributed by atoms with Gasteiger partial charge in [0.2, 0.25) is 5.95 Å². The van der Waals surface area contributed by atoms with Crippen molar-refractivity contribution in [2.24, 2.45) is 0 Å². The van der Waals surface area contributed by atoms with Gasteiger partial charge in [0.25, 0.3) is 0 Å². The van der Waals surface area contributed by atoms with Gasteiger partial charge in [0.05, 0.1) is 6.10 Å². The van der Waals surface area contributed by atoms with Crippen molar-refractivity contribution in [3.8, 4) is 0 Å². The van der Waals surface area contributed by atoms with Gasteiger partial charge in [0, 0.05) is 24.1 Å². The van der Waals surface area contributed by atoms with E-state index in [9.17, 15) is 0 Å². The SMILES string of the molecule is COC(C)c1c(C)nc(N)nc1C. The molecule has 4 nitrogen and oxygen atoms in total. The normalized spacial score (nSPS) is 12.9. The molecule has 0 aliphatic carbocycles. The van der Waals surface area contributed by atoms with Crippen LogP contribution in [0, 0.1) is 13.8 Å². The molecule has 1 rings (SSSR count). The topological polar surface area (TPSA) is 61.0 Å². The van der Waals surface area contributed by atoms with E-state index in [1.165, 1.54) is 0 Å². The summed E-state index contributed by atoms with van der Waals surface area (Å²) in [5.74, 6) is 0.321. The third-order valence-electron chi connectivity index (χ3n) is 2.10. The van der Waals surface area contributed by atoms with Crippen LogP contribution in [0.15, 0.2) is 0 Å². The molecule has 0 aliphatic rings. The van der Waals surface area contributed by atoms with Crippen LogP contribution in [0.4, 0.5) is 5.95 Å². The number of rotatable bonds is 2. The van der Waals surface area contributed by atoms with E-state index in [1.54, 1.807) is 7.11 Å². The molecule has 72 valence electrons. The Balaban J connectivity index is 3.20. The van der Waals surface area contributed by atoms with Crippen molar-refractivity contribution in [2.45, 2.75) is 26.9 Å². The Hall–Kier alpha value is -1.16. The predicted octanol–water partition coefficient (Wildman–Crippen LogP) is 1.38. The van der Waals surface area contributed by atoms with E-state index < -0.39 is 0 Å². The smallest absolute Gasteiger partial charge is 0.220 e. The Morgan fingerprint density at radius 2 is 1.69 bits per heavy atom. The first-order valence-electron chi connectivity index (χ1n) is 4.19. The van der Waals surface area contributed by atoms with Crippen LogP contribution in [-0.4, -0.2) is 17.1 Å². The molecule has 0 aromatic carbocycles. The van der Waals surface area contributed by atoms with Crippen LogP contribution < -0.4 is 5.73 Å². The number of aromatic nitrogens is 2. The monoisotopic (exact) mass is 181 g/mol. The van der Waals surface area contributed by atoms with Gasteiger partial charge in [-0.15, -0.1) is 0 Å². The van der Waals surface area contributed by atoms with E-state index in [0.717, 1.165) is 17.0 Å². The second-order valence-electron chi connectivity index (χ2n) is 3.04. The molecule has 2 N–H and O–H groups in total. The maximum Gasteiger partial charge on any atom is 0.220 e.